The predicted molar refractivity (Wildman–Crippen MR) is 133 cm³/mol. The van der Waals surface area contributed by atoms with Gasteiger partial charge >= 0.3 is 0 Å². The minimum Gasteiger partial charge on any atom is -0.353 e. The maximum atomic E-state index is 13.4. The summed E-state index contributed by atoms with van der Waals surface area (Å²) in [4.78, 5) is 27.1. The van der Waals surface area contributed by atoms with Gasteiger partial charge in [0.15, 0.2) is 0 Å². The van der Waals surface area contributed by atoms with Crippen LogP contribution in [0.15, 0.2) is 42.6 Å². The van der Waals surface area contributed by atoms with Crippen LogP contribution in [0.2, 0.25) is 0 Å². The van der Waals surface area contributed by atoms with Crippen molar-refractivity contribution in [3.63, 3.8) is 0 Å². The van der Waals surface area contributed by atoms with Crippen LogP contribution in [0.4, 0.5) is 0 Å². The quantitative estimate of drug-likeness (QED) is 0.704. The zero-order chi connectivity index (χ0) is 23.8. The first-order valence-electron chi connectivity index (χ1n) is 12.0. The second-order valence-corrected chi connectivity index (χ2v) is 9.82. The number of carbonyl (C=O) groups is 2. The standard InChI is InChI=1S/C27H36N4O2/c1-5-25(32)29-21-7-8-22(15-21)31(4)26(33)27(2)12-10-18(11-13-27)19-6-9-24-23(14-19)20(16-28)17-30(24)3/h6,9-12,14,17,21-22H,5,7-8,13,15-16,28H2,1-4H3,(H,29,32)/t21-,22+,27?/m0/s1. The number of carbonyl (C=O) groups excluding carboxylic acids is 2. The average Bonchev–Trinajstić information content (AvgIpc) is 3.42. The summed E-state index contributed by atoms with van der Waals surface area (Å²) in [7, 11) is 3.95. The zero-order valence-corrected chi connectivity index (χ0v) is 20.2. The van der Waals surface area contributed by atoms with E-state index in [-0.39, 0.29) is 23.9 Å². The highest BCUT2D eigenvalue weighted by molar-refractivity contribution is 5.91. The summed E-state index contributed by atoms with van der Waals surface area (Å²) in [6.45, 7) is 4.40. The van der Waals surface area contributed by atoms with E-state index in [2.05, 4.69) is 52.5 Å². The van der Waals surface area contributed by atoms with Gasteiger partial charge in [-0.25, -0.2) is 0 Å². The maximum Gasteiger partial charge on any atom is 0.232 e. The molecular formula is C27H36N4O2. The van der Waals surface area contributed by atoms with Gasteiger partial charge in [0, 0.05) is 56.2 Å². The highest BCUT2D eigenvalue weighted by atomic mass is 16.2. The van der Waals surface area contributed by atoms with Crippen LogP contribution in [-0.2, 0) is 23.2 Å². The molecule has 2 amide bonds. The van der Waals surface area contributed by atoms with E-state index >= 15 is 0 Å². The largest absolute Gasteiger partial charge is 0.353 e. The molecule has 33 heavy (non-hydrogen) atoms. The second kappa shape index (κ2) is 9.18. The Kier molecular flexibility index (Phi) is 6.48. The molecule has 1 unspecified atom stereocenters. The van der Waals surface area contributed by atoms with Crippen LogP contribution < -0.4 is 11.1 Å². The number of amides is 2. The number of rotatable bonds is 6. The number of fused-ring (bicyclic) bond motifs is 1. The van der Waals surface area contributed by atoms with Crippen molar-refractivity contribution in [1.29, 1.82) is 0 Å². The van der Waals surface area contributed by atoms with Crippen molar-refractivity contribution in [2.45, 2.75) is 64.6 Å². The average molecular weight is 449 g/mol. The molecule has 0 radical (unpaired) electrons. The topological polar surface area (TPSA) is 80.4 Å². The number of allylic oxidation sites excluding steroid dienone is 3. The van der Waals surface area contributed by atoms with Crippen molar-refractivity contribution in [2.75, 3.05) is 7.05 Å². The van der Waals surface area contributed by atoms with Crippen LogP contribution in [0.5, 0.6) is 0 Å². The Morgan fingerprint density at radius 1 is 1.30 bits per heavy atom. The lowest BCUT2D eigenvalue weighted by molar-refractivity contribution is -0.139. The van der Waals surface area contributed by atoms with Crippen molar-refractivity contribution in [2.24, 2.45) is 18.2 Å². The van der Waals surface area contributed by atoms with E-state index < -0.39 is 5.41 Å². The van der Waals surface area contributed by atoms with E-state index in [0.717, 1.165) is 36.0 Å². The van der Waals surface area contributed by atoms with E-state index in [9.17, 15) is 9.59 Å². The summed E-state index contributed by atoms with van der Waals surface area (Å²) in [5.74, 6) is 0.229. The fraction of sp³-hybridized carbons (Fsp3) is 0.481. The third-order valence-electron chi connectivity index (χ3n) is 7.45. The third kappa shape index (κ3) is 4.49. The Balaban J connectivity index is 1.45. The predicted octanol–water partition coefficient (Wildman–Crippen LogP) is 3.89. The van der Waals surface area contributed by atoms with Crippen molar-refractivity contribution < 1.29 is 9.59 Å². The minimum atomic E-state index is -0.553. The van der Waals surface area contributed by atoms with Crippen molar-refractivity contribution in [3.8, 4) is 0 Å². The molecule has 1 aromatic carbocycles. The van der Waals surface area contributed by atoms with Crippen molar-refractivity contribution in [1.82, 2.24) is 14.8 Å². The van der Waals surface area contributed by atoms with Crippen molar-refractivity contribution >= 4 is 28.3 Å². The number of hydrogen-bond acceptors (Lipinski definition) is 3. The van der Waals surface area contributed by atoms with Gasteiger partial charge < -0.3 is 20.5 Å². The lowest BCUT2D eigenvalue weighted by Crippen LogP contribution is -2.45. The minimum absolute atomic E-state index is 0.0849. The van der Waals surface area contributed by atoms with Gasteiger partial charge in [-0.3, -0.25) is 9.59 Å². The van der Waals surface area contributed by atoms with Gasteiger partial charge in [-0.1, -0.05) is 31.2 Å². The molecule has 1 heterocycles. The van der Waals surface area contributed by atoms with Gasteiger partial charge in [-0.15, -0.1) is 0 Å². The highest BCUT2D eigenvalue weighted by Crippen LogP contribution is 2.37. The summed E-state index contributed by atoms with van der Waals surface area (Å²) in [6, 6.07) is 6.82. The molecule has 4 rings (SSSR count). The molecule has 0 aliphatic heterocycles. The molecule has 6 heteroatoms. The molecule has 6 nitrogen and oxygen atoms in total. The molecule has 1 aromatic heterocycles. The van der Waals surface area contributed by atoms with Gasteiger partial charge in [0.1, 0.15) is 0 Å². The Labute approximate surface area is 196 Å². The maximum absolute atomic E-state index is 13.4. The fourth-order valence-electron chi connectivity index (χ4n) is 5.26. The van der Waals surface area contributed by atoms with Crippen LogP contribution in [-0.4, -0.2) is 40.4 Å². The molecule has 2 aliphatic rings. The molecule has 0 bridgehead atoms. The monoisotopic (exact) mass is 448 g/mol. The first-order chi connectivity index (χ1) is 15.8. The molecule has 1 saturated carbocycles. The third-order valence-corrected chi connectivity index (χ3v) is 7.45. The van der Waals surface area contributed by atoms with E-state index in [1.807, 2.05) is 32.8 Å². The number of hydrogen-bond donors (Lipinski definition) is 2. The fourth-order valence-corrected chi connectivity index (χ4v) is 5.26. The smallest absolute Gasteiger partial charge is 0.232 e. The molecule has 176 valence electrons. The Bertz CT molecular complexity index is 1130. The van der Waals surface area contributed by atoms with Gasteiger partial charge in [0.25, 0.3) is 0 Å². The number of nitrogens with two attached hydrogens (primary N) is 1. The van der Waals surface area contributed by atoms with Crippen LogP contribution in [0.3, 0.4) is 0 Å². The van der Waals surface area contributed by atoms with Crippen LogP contribution in [0, 0.1) is 5.41 Å². The van der Waals surface area contributed by atoms with Crippen molar-refractivity contribution in [3.05, 3.63) is 53.8 Å². The Hall–Kier alpha value is -2.86. The number of nitrogens with zero attached hydrogens (tertiary/aromatic N) is 2. The highest BCUT2D eigenvalue weighted by Gasteiger charge is 2.38. The van der Waals surface area contributed by atoms with Gasteiger partial charge in [0.2, 0.25) is 11.8 Å². The van der Waals surface area contributed by atoms with E-state index in [1.54, 1.807) is 0 Å². The molecule has 2 aliphatic carbocycles. The number of aryl methyl sites for hydroxylation is 1. The molecule has 0 spiro atoms. The molecular weight excluding hydrogens is 412 g/mol. The lowest BCUT2D eigenvalue weighted by atomic mass is 9.79. The van der Waals surface area contributed by atoms with Crippen LogP contribution >= 0.6 is 0 Å². The summed E-state index contributed by atoms with van der Waals surface area (Å²) in [6.07, 6.45) is 12.3. The molecule has 1 fully saturated rings. The van der Waals surface area contributed by atoms with Gasteiger partial charge in [0.05, 0.1) is 5.41 Å². The number of nitrogens with one attached hydrogen (secondary N) is 1. The summed E-state index contributed by atoms with van der Waals surface area (Å²) in [5.41, 5.74) is 9.99. The van der Waals surface area contributed by atoms with E-state index in [0.29, 0.717) is 19.4 Å². The molecule has 0 saturated heterocycles. The lowest BCUT2D eigenvalue weighted by Gasteiger charge is -2.35. The Morgan fingerprint density at radius 3 is 2.76 bits per heavy atom. The van der Waals surface area contributed by atoms with Gasteiger partial charge in [-0.05, 0) is 61.4 Å². The molecule has 3 atom stereocenters. The summed E-state index contributed by atoms with van der Waals surface area (Å²) < 4.78 is 2.11. The molecule has 2 aromatic rings. The number of benzene rings is 1. The molecule has 3 N–H and O–H groups in total. The summed E-state index contributed by atoms with van der Waals surface area (Å²) >= 11 is 0. The zero-order valence-electron chi connectivity index (χ0n) is 20.2. The summed E-state index contributed by atoms with van der Waals surface area (Å²) in [5, 5.41) is 4.26. The van der Waals surface area contributed by atoms with Crippen LogP contribution in [0.1, 0.15) is 57.1 Å². The van der Waals surface area contributed by atoms with E-state index in [1.165, 1.54) is 10.9 Å². The SMILES string of the molecule is CCC(=O)N[C@H]1CC[C@@H](N(C)C(=O)C2(C)C=CC(c3ccc4c(c3)c(CN)cn4C)=CC2)C1. The van der Waals surface area contributed by atoms with Gasteiger partial charge in [-0.2, -0.15) is 0 Å². The Morgan fingerprint density at radius 2 is 2.09 bits per heavy atom. The first-order valence-corrected chi connectivity index (χ1v) is 12.0. The normalized spacial score (nSPS) is 24.7. The first kappa shape index (κ1) is 23.3. The van der Waals surface area contributed by atoms with Crippen LogP contribution in [0.25, 0.3) is 16.5 Å². The second-order valence-electron chi connectivity index (χ2n) is 9.82. The van der Waals surface area contributed by atoms with E-state index in [4.69, 9.17) is 5.73 Å². The number of aromatic nitrogens is 1.